The lowest BCUT2D eigenvalue weighted by Crippen LogP contribution is -2.23. The van der Waals surface area contributed by atoms with Gasteiger partial charge in [0.1, 0.15) is 11.5 Å². The Morgan fingerprint density at radius 2 is 2.14 bits per heavy atom. The van der Waals surface area contributed by atoms with Gasteiger partial charge in [-0.2, -0.15) is 8.78 Å². The molecule has 120 valence electrons. The third-order valence-corrected chi connectivity index (χ3v) is 4.24. The molecule has 2 rings (SSSR count). The number of alkyl halides is 2. The smallest absolute Gasteiger partial charge is 0.387 e. The number of benzene rings is 1. The van der Waals surface area contributed by atoms with Crippen LogP contribution in [0.25, 0.3) is 0 Å². The fraction of sp³-hybridized carbons (Fsp3) is 0.250. The van der Waals surface area contributed by atoms with Crippen LogP contribution in [0.4, 0.5) is 8.78 Å². The van der Waals surface area contributed by atoms with Crippen LogP contribution in [0.3, 0.4) is 0 Å². The number of rotatable bonds is 6. The zero-order valence-corrected chi connectivity index (χ0v) is 12.8. The van der Waals surface area contributed by atoms with Crippen molar-refractivity contribution in [2.45, 2.75) is 25.0 Å². The van der Waals surface area contributed by atoms with E-state index in [9.17, 15) is 17.2 Å². The molecule has 0 atom stereocenters. The van der Waals surface area contributed by atoms with Crippen molar-refractivity contribution in [1.29, 1.82) is 0 Å². The van der Waals surface area contributed by atoms with Crippen molar-refractivity contribution >= 4 is 21.6 Å². The van der Waals surface area contributed by atoms with Crippen LogP contribution in [0.15, 0.2) is 33.7 Å². The molecule has 1 heterocycles. The second-order valence-electron chi connectivity index (χ2n) is 4.22. The molecular formula is C12H11ClF2N2O4S. The van der Waals surface area contributed by atoms with Crippen LogP contribution in [-0.2, 0) is 16.6 Å². The topological polar surface area (TPSA) is 81.4 Å². The summed E-state index contributed by atoms with van der Waals surface area (Å²) in [5, 5.41) is 3.41. The summed E-state index contributed by atoms with van der Waals surface area (Å²) in [5.74, 6) is 0.244. The molecule has 1 N–H and O–H groups in total. The highest BCUT2D eigenvalue weighted by atomic mass is 35.5. The van der Waals surface area contributed by atoms with E-state index in [2.05, 4.69) is 14.6 Å². The summed E-state index contributed by atoms with van der Waals surface area (Å²) in [4.78, 5) is -0.181. The summed E-state index contributed by atoms with van der Waals surface area (Å²) >= 11 is 5.72. The van der Waals surface area contributed by atoms with Gasteiger partial charge in [0, 0.05) is 6.07 Å². The van der Waals surface area contributed by atoms with Gasteiger partial charge in [0.25, 0.3) is 0 Å². The van der Waals surface area contributed by atoms with Crippen molar-refractivity contribution in [1.82, 2.24) is 9.88 Å². The van der Waals surface area contributed by atoms with Crippen molar-refractivity contribution in [3.63, 3.8) is 0 Å². The first-order chi connectivity index (χ1) is 10.3. The molecule has 0 aliphatic rings. The number of ether oxygens (including phenoxy) is 1. The van der Waals surface area contributed by atoms with Gasteiger partial charge in [-0.05, 0) is 25.1 Å². The van der Waals surface area contributed by atoms with Gasteiger partial charge in [0.05, 0.1) is 22.2 Å². The molecule has 2 aromatic rings. The molecule has 1 aromatic heterocycles. The normalized spacial score (nSPS) is 11.9. The van der Waals surface area contributed by atoms with Gasteiger partial charge in [0.2, 0.25) is 10.0 Å². The summed E-state index contributed by atoms with van der Waals surface area (Å²) in [6, 6.07) is 4.77. The molecule has 0 aliphatic carbocycles. The molecule has 0 saturated heterocycles. The molecule has 22 heavy (non-hydrogen) atoms. The molecule has 0 saturated carbocycles. The first kappa shape index (κ1) is 16.7. The minimum Gasteiger partial charge on any atom is -0.433 e. The Labute approximate surface area is 130 Å². The molecule has 0 unspecified atom stereocenters. The average Bonchev–Trinajstić information content (AvgIpc) is 2.84. The van der Waals surface area contributed by atoms with E-state index in [0.29, 0.717) is 11.5 Å². The van der Waals surface area contributed by atoms with Gasteiger partial charge in [0.15, 0.2) is 0 Å². The maximum absolute atomic E-state index is 12.1. The Balaban J connectivity index is 2.13. The van der Waals surface area contributed by atoms with Crippen molar-refractivity contribution in [2.24, 2.45) is 0 Å². The summed E-state index contributed by atoms with van der Waals surface area (Å²) in [6.45, 7) is -1.45. The van der Waals surface area contributed by atoms with E-state index in [4.69, 9.17) is 16.1 Å². The van der Waals surface area contributed by atoms with Gasteiger partial charge in [-0.25, -0.2) is 13.1 Å². The highest BCUT2D eigenvalue weighted by molar-refractivity contribution is 7.89. The van der Waals surface area contributed by atoms with Crippen LogP contribution < -0.4 is 9.46 Å². The third-order valence-electron chi connectivity index (χ3n) is 2.55. The third kappa shape index (κ3) is 4.15. The van der Waals surface area contributed by atoms with E-state index in [1.54, 1.807) is 13.0 Å². The second-order valence-corrected chi connectivity index (χ2v) is 6.40. The fourth-order valence-corrected chi connectivity index (χ4v) is 2.91. The van der Waals surface area contributed by atoms with Crippen molar-refractivity contribution < 1.29 is 26.5 Å². The molecule has 6 nitrogen and oxygen atoms in total. The van der Waals surface area contributed by atoms with Crippen LogP contribution in [-0.4, -0.2) is 20.2 Å². The Bertz CT molecular complexity index is 764. The van der Waals surface area contributed by atoms with E-state index < -0.39 is 16.6 Å². The minimum atomic E-state index is -3.88. The van der Waals surface area contributed by atoms with Crippen molar-refractivity contribution in [2.75, 3.05) is 0 Å². The number of aryl methyl sites for hydroxylation is 1. The molecule has 0 fully saturated rings. The van der Waals surface area contributed by atoms with E-state index in [1.165, 1.54) is 0 Å². The summed E-state index contributed by atoms with van der Waals surface area (Å²) in [6.07, 6.45) is 0. The summed E-state index contributed by atoms with van der Waals surface area (Å²) in [5.41, 5.74) is 0.407. The Morgan fingerprint density at radius 1 is 1.41 bits per heavy atom. The van der Waals surface area contributed by atoms with E-state index in [-0.39, 0.29) is 22.2 Å². The molecule has 0 amide bonds. The fourth-order valence-electron chi connectivity index (χ4n) is 1.59. The molecule has 0 bridgehead atoms. The number of nitrogens with zero attached hydrogens (tertiary/aromatic N) is 1. The number of nitrogens with one attached hydrogen (secondary N) is 1. The Kier molecular flexibility index (Phi) is 4.99. The van der Waals surface area contributed by atoms with Crippen LogP contribution in [0.1, 0.15) is 11.5 Å². The van der Waals surface area contributed by atoms with E-state index in [0.717, 1.165) is 18.2 Å². The van der Waals surface area contributed by atoms with Crippen molar-refractivity contribution in [3.8, 4) is 5.75 Å². The monoisotopic (exact) mass is 352 g/mol. The van der Waals surface area contributed by atoms with Crippen LogP contribution in [0, 0.1) is 6.92 Å². The van der Waals surface area contributed by atoms with E-state index >= 15 is 0 Å². The van der Waals surface area contributed by atoms with Gasteiger partial charge in [-0.1, -0.05) is 16.8 Å². The van der Waals surface area contributed by atoms with Crippen LogP contribution in [0.2, 0.25) is 5.02 Å². The second kappa shape index (κ2) is 6.59. The zero-order valence-electron chi connectivity index (χ0n) is 11.2. The SMILES string of the molecule is Cc1cc(CNS(=O)(=O)c2ccc(OC(F)F)c(Cl)c2)no1. The molecule has 0 spiro atoms. The van der Waals surface area contributed by atoms with Crippen LogP contribution >= 0.6 is 11.6 Å². The largest absolute Gasteiger partial charge is 0.433 e. The summed E-state index contributed by atoms with van der Waals surface area (Å²) in [7, 11) is -3.88. The highest BCUT2D eigenvalue weighted by Crippen LogP contribution is 2.28. The number of aromatic nitrogens is 1. The van der Waals surface area contributed by atoms with Crippen molar-refractivity contribution in [3.05, 3.63) is 40.7 Å². The highest BCUT2D eigenvalue weighted by Gasteiger charge is 2.18. The van der Waals surface area contributed by atoms with E-state index in [1.807, 2.05) is 0 Å². The lowest BCUT2D eigenvalue weighted by atomic mass is 10.3. The average molecular weight is 353 g/mol. The van der Waals surface area contributed by atoms with Gasteiger partial charge >= 0.3 is 6.61 Å². The molecular weight excluding hydrogens is 342 g/mol. The molecule has 1 aromatic carbocycles. The number of halogens is 3. The predicted molar refractivity (Wildman–Crippen MR) is 73.3 cm³/mol. The quantitative estimate of drug-likeness (QED) is 0.864. The Morgan fingerprint density at radius 3 is 2.68 bits per heavy atom. The standard InChI is InChI=1S/C12H11ClF2N2O4S/c1-7-4-8(17-21-7)6-16-22(18,19)9-2-3-11(10(13)5-9)20-12(14)15/h2-5,12,16H,6H2,1H3. The molecule has 0 aliphatic heterocycles. The predicted octanol–water partition coefficient (Wildman–Crippen LogP) is 2.72. The molecule has 0 radical (unpaired) electrons. The zero-order chi connectivity index (χ0) is 16.3. The van der Waals surface area contributed by atoms with Crippen LogP contribution in [0.5, 0.6) is 5.75 Å². The number of sulfonamides is 1. The molecule has 10 heteroatoms. The van der Waals surface area contributed by atoms with Gasteiger partial charge in [-0.3, -0.25) is 0 Å². The Hall–Kier alpha value is -1.71. The number of hydrogen-bond donors (Lipinski definition) is 1. The maximum atomic E-state index is 12.1. The maximum Gasteiger partial charge on any atom is 0.387 e. The summed E-state index contributed by atoms with van der Waals surface area (Å²) < 4.78 is 59.6. The first-order valence-electron chi connectivity index (χ1n) is 5.94. The lowest BCUT2D eigenvalue weighted by Gasteiger charge is -2.09. The lowest BCUT2D eigenvalue weighted by molar-refractivity contribution is -0.0498. The van der Waals surface area contributed by atoms with Gasteiger partial charge in [-0.15, -0.1) is 0 Å². The first-order valence-corrected chi connectivity index (χ1v) is 7.80. The minimum absolute atomic E-state index is 0.0768. The number of hydrogen-bond acceptors (Lipinski definition) is 5. The van der Waals surface area contributed by atoms with Gasteiger partial charge < -0.3 is 9.26 Å².